The molecule has 2 rings (SSSR count). The topological polar surface area (TPSA) is 88.1 Å². The molecule has 150 valence electrons. The normalized spacial score (nSPS) is 14.9. The summed E-state index contributed by atoms with van der Waals surface area (Å²) in [4.78, 5) is 25.3. The number of hydrogen-bond donors (Lipinski definition) is 2. The van der Waals surface area contributed by atoms with Crippen LogP contribution in [0.1, 0.15) is 37.5 Å². The number of carbonyl (C=O) groups is 2. The van der Waals surface area contributed by atoms with E-state index in [4.69, 9.17) is 9.47 Å². The van der Waals surface area contributed by atoms with E-state index >= 15 is 0 Å². The van der Waals surface area contributed by atoms with Gasteiger partial charge in [0.25, 0.3) is 0 Å². The fourth-order valence-electron chi connectivity index (χ4n) is 3.04. The van der Waals surface area contributed by atoms with E-state index in [0.717, 1.165) is 48.6 Å². The molecule has 1 fully saturated rings. The number of nitrogens with one attached hydrogen (secondary N) is 1. The molecule has 0 unspecified atom stereocenters. The van der Waals surface area contributed by atoms with Crippen LogP contribution >= 0.6 is 0 Å². The van der Waals surface area contributed by atoms with Crippen molar-refractivity contribution in [3.63, 3.8) is 0 Å². The van der Waals surface area contributed by atoms with Crippen LogP contribution in [0.4, 0.5) is 5.69 Å². The van der Waals surface area contributed by atoms with Gasteiger partial charge >= 0.3 is 11.9 Å². The first-order valence-electron chi connectivity index (χ1n) is 9.25. The van der Waals surface area contributed by atoms with Gasteiger partial charge in [-0.25, -0.2) is 4.79 Å². The number of rotatable bonds is 7. The molecule has 1 aliphatic heterocycles. The second-order valence-electron chi connectivity index (χ2n) is 7.78. The second-order valence-corrected chi connectivity index (χ2v) is 7.78. The van der Waals surface area contributed by atoms with Gasteiger partial charge in [-0.05, 0) is 56.5 Å². The maximum atomic E-state index is 11.8. The quantitative estimate of drug-likeness (QED) is 0.701. The number of benzene rings is 1. The van der Waals surface area contributed by atoms with Crippen molar-refractivity contribution in [1.82, 2.24) is 5.32 Å². The van der Waals surface area contributed by atoms with E-state index < -0.39 is 17.5 Å². The van der Waals surface area contributed by atoms with Crippen LogP contribution in [0, 0.1) is 6.92 Å². The molecule has 27 heavy (non-hydrogen) atoms. The first-order valence-corrected chi connectivity index (χ1v) is 9.25. The van der Waals surface area contributed by atoms with Crippen molar-refractivity contribution in [2.24, 2.45) is 0 Å². The molecule has 0 saturated carbocycles. The summed E-state index contributed by atoms with van der Waals surface area (Å²) < 4.78 is 10.8. The Bertz CT molecular complexity index is 676. The Balaban J connectivity index is 2.13. The van der Waals surface area contributed by atoms with Crippen LogP contribution in [-0.2, 0) is 32.1 Å². The van der Waals surface area contributed by atoms with E-state index in [9.17, 15) is 14.7 Å². The molecule has 1 aromatic carbocycles. The lowest BCUT2D eigenvalue weighted by Crippen LogP contribution is -2.43. The minimum absolute atomic E-state index is 0.0369. The molecule has 1 aromatic rings. The largest absolute Gasteiger partial charge is 0.481 e. The van der Waals surface area contributed by atoms with Crippen molar-refractivity contribution in [3.05, 3.63) is 28.8 Å². The highest BCUT2D eigenvalue weighted by atomic mass is 16.6. The zero-order chi connectivity index (χ0) is 20.0. The molecule has 1 saturated heterocycles. The fraction of sp³-hybridized carbons (Fsp3) is 0.600. The summed E-state index contributed by atoms with van der Waals surface area (Å²) in [5.74, 6) is -1.28. The van der Waals surface area contributed by atoms with E-state index in [0.29, 0.717) is 0 Å². The van der Waals surface area contributed by atoms with Crippen molar-refractivity contribution in [3.8, 4) is 0 Å². The summed E-state index contributed by atoms with van der Waals surface area (Å²) in [7, 11) is 0. The number of aliphatic carboxylic acids is 1. The Morgan fingerprint density at radius 2 is 1.81 bits per heavy atom. The van der Waals surface area contributed by atoms with Crippen LogP contribution in [0.25, 0.3) is 0 Å². The number of piperazine rings is 1. The average Bonchev–Trinajstić information content (AvgIpc) is 2.56. The summed E-state index contributed by atoms with van der Waals surface area (Å²) in [6.07, 6.45) is -0.0369. The molecular weight excluding hydrogens is 348 g/mol. The summed E-state index contributed by atoms with van der Waals surface area (Å²) in [6, 6.07) is 3.98. The van der Waals surface area contributed by atoms with Crippen molar-refractivity contribution in [2.45, 2.75) is 46.3 Å². The number of anilines is 1. The lowest BCUT2D eigenvalue weighted by molar-refractivity contribution is -0.160. The van der Waals surface area contributed by atoms with E-state index in [2.05, 4.69) is 10.2 Å². The van der Waals surface area contributed by atoms with Gasteiger partial charge in [0.05, 0.1) is 13.0 Å². The Labute approximate surface area is 160 Å². The zero-order valence-corrected chi connectivity index (χ0v) is 16.6. The van der Waals surface area contributed by atoms with Crippen molar-refractivity contribution < 1.29 is 24.2 Å². The van der Waals surface area contributed by atoms with Gasteiger partial charge in [0, 0.05) is 31.9 Å². The van der Waals surface area contributed by atoms with E-state index in [-0.39, 0.29) is 19.6 Å². The number of hydrogen-bond acceptors (Lipinski definition) is 6. The molecule has 2 N–H and O–H groups in total. The highest BCUT2D eigenvalue weighted by Crippen LogP contribution is 2.25. The van der Waals surface area contributed by atoms with Crippen molar-refractivity contribution >= 4 is 17.6 Å². The summed E-state index contributed by atoms with van der Waals surface area (Å²) >= 11 is 0. The highest BCUT2D eigenvalue weighted by molar-refractivity contribution is 5.72. The van der Waals surface area contributed by atoms with Gasteiger partial charge in [0.1, 0.15) is 12.2 Å². The van der Waals surface area contributed by atoms with Crippen molar-refractivity contribution in [1.29, 1.82) is 0 Å². The van der Waals surface area contributed by atoms with Gasteiger partial charge in [-0.3, -0.25) is 4.79 Å². The van der Waals surface area contributed by atoms with Crippen LogP contribution < -0.4 is 10.2 Å². The molecule has 1 heterocycles. The van der Waals surface area contributed by atoms with Gasteiger partial charge in [-0.1, -0.05) is 0 Å². The molecule has 0 radical (unpaired) electrons. The standard InChI is InChI=1S/C20H30N2O5/c1-14-15(11-18(23)24)9-17(22-7-5-21-6-8-22)10-16(14)12-26-13-19(25)27-20(2,3)4/h9-10,21H,5-8,11-13H2,1-4H3,(H,23,24). The molecule has 0 spiro atoms. The average molecular weight is 378 g/mol. The minimum atomic E-state index is -0.865. The van der Waals surface area contributed by atoms with Gasteiger partial charge in [-0.15, -0.1) is 0 Å². The molecule has 0 amide bonds. The lowest BCUT2D eigenvalue weighted by atomic mass is 9.98. The Hall–Kier alpha value is -2.12. The third-order valence-corrected chi connectivity index (χ3v) is 4.33. The molecule has 0 atom stereocenters. The zero-order valence-electron chi connectivity index (χ0n) is 16.6. The number of carbonyl (C=O) groups excluding carboxylic acids is 1. The maximum Gasteiger partial charge on any atom is 0.332 e. The Kier molecular flexibility index (Phi) is 7.21. The SMILES string of the molecule is Cc1c(COCC(=O)OC(C)(C)C)cc(N2CCNCC2)cc1CC(=O)O. The van der Waals surface area contributed by atoms with Crippen LogP contribution in [0.5, 0.6) is 0 Å². The van der Waals surface area contributed by atoms with Gasteiger partial charge in [-0.2, -0.15) is 0 Å². The van der Waals surface area contributed by atoms with E-state index in [1.807, 2.05) is 39.8 Å². The Morgan fingerprint density at radius 1 is 1.19 bits per heavy atom. The van der Waals surface area contributed by atoms with Gasteiger partial charge in [0.15, 0.2) is 0 Å². The molecule has 0 bridgehead atoms. The van der Waals surface area contributed by atoms with Crippen LogP contribution in [0.2, 0.25) is 0 Å². The summed E-state index contributed by atoms with van der Waals surface area (Å²) in [5, 5.41) is 12.5. The second kappa shape index (κ2) is 9.19. The highest BCUT2D eigenvalue weighted by Gasteiger charge is 2.18. The fourth-order valence-corrected chi connectivity index (χ4v) is 3.04. The van der Waals surface area contributed by atoms with Crippen LogP contribution in [0.15, 0.2) is 12.1 Å². The van der Waals surface area contributed by atoms with Crippen LogP contribution in [0.3, 0.4) is 0 Å². The molecule has 7 heteroatoms. The molecular formula is C20H30N2O5. The first-order chi connectivity index (χ1) is 12.7. The van der Waals surface area contributed by atoms with E-state index in [1.54, 1.807) is 0 Å². The molecule has 0 aromatic heterocycles. The monoisotopic (exact) mass is 378 g/mol. The van der Waals surface area contributed by atoms with Gasteiger partial charge < -0.3 is 24.8 Å². The smallest absolute Gasteiger partial charge is 0.332 e. The number of nitrogens with zero attached hydrogens (tertiary/aromatic N) is 1. The minimum Gasteiger partial charge on any atom is -0.481 e. The number of carboxylic acid groups (broad SMARTS) is 1. The molecule has 7 nitrogen and oxygen atoms in total. The summed E-state index contributed by atoms with van der Waals surface area (Å²) in [5.41, 5.74) is 3.00. The van der Waals surface area contributed by atoms with Crippen molar-refractivity contribution in [2.75, 3.05) is 37.7 Å². The number of ether oxygens (including phenoxy) is 2. The third kappa shape index (κ3) is 6.84. The van der Waals surface area contributed by atoms with Crippen LogP contribution in [-0.4, -0.2) is 55.4 Å². The first kappa shape index (κ1) is 21.2. The predicted octanol–water partition coefficient (Wildman–Crippen LogP) is 1.89. The maximum absolute atomic E-state index is 11.8. The number of carboxylic acids is 1. The Morgan fingerprint density at radius 3 is 2.41 bits per heavy atom. The lowest BCUT2D eigenvalue weighted by Gasteiger charge is -2.30. The predicted molar refractivity (Wildman–Crippen MR) is 103 cm³/mol. The molecule has 0 aliphatic carbocycles. The molecule has 1 aliphatic rings. The number of esters is 1. The van der Waals surface area contributed by atoms with Gasteiger partial charge in [0.2, 0.25) is 0 Å². The van der Waals surface area contributed by atoms with E-state index in [1.165, 1.54) is 0 Å². The third-order valence-electron chi connectivity index (χ3n) is 4.33. The summed E-state index contributed by atoms with van der Waals surface area (Å²) in [6.45, 7) is 11.0.